The van der Waals surface area contributed by atoms with Crippen LogP contribution in [-0.2, 0) is 6.54 Å². The van der Waals surface area contributed by atoms with Gasteiger partial charge in [-0.15, -0.1) is 0 Å². The molecule has 0 atom stereocenters. The predicted octanol–water partition coefficient (Wildman–Crippen LogP) is 3.35. The van der Waals surface area contributed by atoms with E-state index in [0.29, 0.717) is 40.4 Å². The summed E-state index contributed by atoms with van der Waals surface area (Å²) < 4.78 is 16.2. The van der Waals surface area contributed by atoms with E-state index in [9.17, 15) is 9.59 Å². The number of H-pyrrole nitrogens is 1. The van der Waals surface area contributed by atoms with Crippen LogP contribution in [0.15, 0.2) is 51.7 Å². The summed E-state index contributed by atoms with van der Waals surface area (Å²) in [5.41, 5.74) is 0.789. The number of aromatic amines is 1. The molecule has 0 aliphatic carbocycles. The highest BCUT2D eigenvalue weighted by Gasteiger charge is 2.20. The van der Waals surface area contributed by atoms with Gasteiger partial charge < -0.3 is 23.8 Å². The fraction of sp³-hybridized carbons (Fsp3) is 0.227. The van der Waals surface area contributed by atoms with Crippen molar-refractivity contribution in [2.45, 2.75) is 13.5 Å². The van der Waals surface area contributed by atoms with Crippen molar-refractivity contribution < 1.29 is 18.7 Å². The maximum Gasteiger partial charge on any atom is 0.290 e. The number of carbonyl (C=O) groups excluding carboxylic acids is 1. The SMILES string of the molecule is CCN(Cc1nc2cc(OC)c(OC)cc2c(=O)[nH]1)C(=O)c1cc2ccccc2o1. The third-order valence-corrected chi connectivity index (χ3v) is 4.91. The van der Waals surface area contributed by atoms with Crippen molar-refractivity contribution in [3.05, 3.63) is 64.4 Å². The maximum absolute atomic E-state index is 13.0. The number of nitrogens with one attached hydrogen (secondary N) is 1. The third-order valence-electron chi connectivity index (χ3n) is 4.91. The first-order valence-electron chi connectivity index (χ1n) is 9.46. The third kappa shape index (κ3) is 3.47. The first kappa shape index (κ1) is 19.5. The molecule has 8 heteroatoms. The molecule has 0 aliphatic heterocycles. The molecule has 4 aromatic rings. The van der Waals surface area contributed by atoms with Gasteiger partial charge in [-0.1, -0.05) is 18.2 Å². The van der Waals surface area contributed by atoms with Gasteiger partial charge in [0.05, 0.1) is 31.7 Å². The largest absolute Gasteiger partial charge is 0.493 e. The molecule has 0 radical (unpaired) electrons. The molecule has 0 spiro atoms. The van der Waals surface area contributed by atoms with Crippen molar-refractivity contribution in [1.82, 2.24) is 14.9 Å². The van der Waals surface area contributed by atoms with E-state index in [1.807, 2.05) is 31.2 Å². The quantitative estimate of drug-likeness (QED) is 0.526. The Morgan fingerprint density at radius 2 is 1.87 bits per heavy atom. The molecule has 0 aliphatic rings. The molecule has 0 bridgehead atoms. The average molecular weight is 407 g/mol. The zero-order valence-electron chi connectivity index (χ0n) is 16.9. The van der Waals surface area contributed by atoms with Gasteiger partial charge in [0.15, 0.2) is 17.3 Å². The molecular weight excluding hydrogens is 386 g/mol. The highest BCUT2D eigenvalue weighted by atomic mass is 16.5. The van der Waals surface area contributed by atoms with Crippen molar-refractivity contribution in [2.24, 2.45) is 0 Å². The van der Waals surface area contributed by atoms with Crippen LogP contribution in [0.5, 0.6) is 11.5 Å². The number of amides is 1. The number of fused-ring (bicyclic) bond motifs is 2. The molecule has 0 fully saturated rings. The Kier molecular flexibility index (Phi) is 5.14. The second kappa shape index (κ2) is 7.90. The standard InChI is InChI=1S/C22H21N3O5/c1-4-25(22(27)19-9-13-7-5-6-8-16(13)30-19)12-20-23-15-11-18(29-3)17(28-2)10-14(15)21(26)24-20/h5-11H,4,12H2,1-3H3,(H,23,24,26). The van der Waals surface area contributed by atoms with Crippen LogP contribution in [0.2, 0.25) is 0 Å². The molecule has 30 heavy (non-hydrogen) atoms. The van der Waals surface area contributed by atoms with Gasteiger partial charge in [0.2, 0.25) is 0 Å². The zero-order chi connectivity index (χ0) is 21.3. The minimum absolute atomic E-state index is 0.131. The van der Waals surface area contributed by atoms with E-state index < -0.39 is 0 Å². The number of hydrogen-bond acceptors (Lipinski definition) is 6. The van der Waals surface area contributed by atoms with Crippen LogP contribution in [0.1, 0.15) is 23.3 Å². The number of carbonyl (C=O) groups is 1. The molecule has 2 heterocycles. The monoisotopic (exact) mass is 407 g/mol. The highest BCUT2D eigenvalue weighted by molar-refractivity contribution is 5.96. The van der Waals surface area contributed by atoms with Crippen molar-refractivity contribution in [2.75, 3.05) is 20.8 Å². The van der Waals surface area contributed by atoms with Crippen molar-refractivity contribution in [1.29, 1.82) is 0 Å². The Balaban J connectivity index is 1.67. The van der Waals surface area contributed by atoms with Crippen molar-refractivity contribution in [3.8, 4) is 11.5 Å². The van der Waals surface area contributed by atoms with Gasteiger partial charge >= 0.3 is 0 Å². The van der Waals surface area contributed by atoms with Crippen LogP contribution in [0.3, 0.4) is 0 Å². The molecule has 0 saturated carbocycles. The van der Waals surface area contributed by atoms with E-state index in [2.05, 4.69) is 9.97 Å². The molecule has 0 saturated heterocycles. The molecule has 1 N–H and O–H groups in total. The Labute approximate surface area is 172 Å². The van der Waals surface area contributed by atoms with Crippen LogP contribution < -0.4 is 15.0 Å². The summed E-state index contributed by atoms with van der Waals surface area (Å²) >= 11 is 0. The number of benzene rings is 2. The number of ether oxygens (including phenoxy) is 2. The Bertz CT molecular complexity index is 1260. The van der Waals surface area contributed by atoms with E-state index in [1.54, 1.807) is 23.1 Å². The summed E-state index contributed by atoms with van der Waals surface area (Å²) in [6, 6.07) is 12.4. The second-order valence-corrected chi connectivity index (χ2v) is 6.70. The van der Waals surface area contributed by atoms with Crippen molar-refractivity contribution >= 4 is 27.8 Å². The fourth-order valence-electron chi connectivity index (χ4n) is 3.34. The van der Waals surface area contributed by atoms with Gasteiger partial charge in [-0.2, -0.15) is 0 Å². The molecule has 8 nitrogen and oxygen atoms in total. The van der Waals surface area contributed by atoms with Gasteiger partial charge in [0, 0.05) is 18.0 Å². The summed E-state index contributed by atoms with van der Waals surface area (Å²) in [6.07, 6.45) is 0. The average Bonchev–Trinajstić information content (AvgIpc) is 3.20. The summed E-state index contributed by atoms with van der Waals surface area (Å²) in [4.78, 5) is 34.4. The minimum atomic E-state index is -0.316. The predicted molar refractivity (Wildman–Crippen MR) is 112 cm³/mol. The van der Waals surface area contributed by atoms with Crippen molar-refractivity contribution in [3.63, 3.8) is 0 Å². The number of hydrogen-bond donors (Lipinski definition) is 1. The minimum Gasteiger partial charge on any atom is -0.493 e. The molecule has 4 rings (SSSR count). The van der Waals surface area contributed by atoms with Gasteiger partial charge in [-0.3, -0.25) is 9.59 Å². The van der Waals surface area contributed by atoms with Crippen LogP contribution in [-0.4, -0.2) is 41.5 Å². The number of para-hydroxylation sites is 1. The number of methoxy groups -OCH3 is 2. The van der Waals surface area contributed by atoms with E-state index >= 15 is 0 Å². The zero-order valence-corrected chi connectivity index (χ0v) is 16.9. The number of furan rings is 1. The Hall–Kier alpha value is -3.81. The molecule has 0 unspecified atom stereocenters. The molecule has 2 aromatic heterocycles. The van der Waals surface area contributed by atoms with Gasteiger partial charge in [-0.05, 0) is 25.1 Å². The van der Waals surface area contributed by atoms with E-state index in [0.717, 1.165) is 5.39 Å². The van der Waals surface area contributed by atoms with E-state index in [1.165, 1.54) is 14.2 Å². The first-order chi connectivity index (χ1) is 14.5. The lowest BCUT2D eigenvalue weighted by Crippen LogP contribution is -2.31. The topological polar surface area (TPSA) is 97.7 Å². The normalized spacial score (nSPS) is 11.0. The second-order valence-electron chi connectivity index (χ2n) is 6.70. The summed E-state index contributed by atoms with van der Waals surface area (Å²) in [7, 11) is 3.02. The number of nitrogens with zero attached hydrogens (tertiary/aromatic N) is 2. The molecule has 154 valence electrons. The van der Waals surface area contributed by atoms with E-state index in [-0.39, 0.29) is 23.8 Å². The van der Waals surface area contributed by atoms with Gasteiger partial charge in [-0.25, -0.2) is 4.98 Å². The summed E-state index contributed by atoms with van der Waals surface area (Å²) in [6.45, 7) is 2.41. The summed E-state index contributed by atoms with van der Waals surface area (Å²) in [5, 5.41) is 1.23. The van der Waals surface area contributed by atoms with Crippen LogP contribution in [0.25, 0.3) is 21.9 Å². The van der Waals surface area contributed by atoms with Crippen LogP contribution >= 0.6 is 0 Å². The Morgan fingerprint density at radius 1 is 1.13 bits per heavy atom. The molecular formula is C22H21N3O5. The number of aromatic nitrogens is 2. The highest BCUT2D eigenvalue weighted by Crippen LogP contribution is 2.30. The lowest BCUT2D eigenvalue weighted by Gasteiger charge is -2.19. The number of rotatable bonds is 6. The Morgan fingerprint density at radius 3 is 2.57 bits per heavy atom. The van der Waals surface area contributed by atoms with Crippen LogP contribution in [0, 0.1) is 0 Å². The summed E-state index contributed by atoms with van der Waals surface area (Å²) in [5.74, 6) is 1.25. The molecule has 2 aromatic carbocycles. The van der Waals surface area contributed by atoms with E-state index in [4.69, 9.17) is 13.9 Å². The van der Waals surface area contributed by atoms with Crippen LogP contribution in [0.4, 0.5) is 0 Å². The lowest BCUT2D eigenvalue weighted by atomic mass is 10.2. The first-order valence-corrected chi connectivity index (χ1v) is 9.46. The fourth-order valence-corrected chi connectivity index (χ4v) is 3.34. The lowest BCUT2D eigenvalue weighted by molar-refractivity contribution is 0.0718. The molecule has 1 amide bonds. The smallest absolute Gasteiger partial charge is 0.290 e. The van der Waals surface area contributed by atoms with Gasteiger partial charge in [0.25, 0.3) is 11.5 Å². The van der Waals surface area contributed by atoms with Gasteiger partial charge in [0.1, 0.15) is 11.4 Å². The maximum atomic E-state index is 13.0.